The van der Waals surface area contributed by atoms with Gasteiger partial charge < -0.3 is 10.6 Å². The van der Waals surface area contributed by atoms with E-state index in [0.29, 0.717) is 25.3 Å². The number of halogens is 3. The van der Waals surface area contributed by atoms with Crippen LogP contribution in [0.2, 0.25) is 0 Å². The lowest BCUT2D eigenvalue weighted by Gasteiger charge is -2.33. The van der Waals surface area contributed by atoms with Gasteiger partial charge in [-0.2, -0.15) is 13.2 Å². The molecule has 1 fully saturated rings. The quantitative estimate of drug-likeness (QED) is 0.766. The van der Waals surface area contributed by atoms with Crippen LogP contribution in [0.25, 0.3) is 0 Å². The summed E-state index contributed by atoms with van der Waals surface area (Å²) in [6, 6.07) is -1.25. The number of carbonyl (C=O) groups excluding carboxylic acids is 1. The third-order valence-corrected chi connectivity index (χ3v) is 4.43. The van der Waals surface area contributed by atoms with Crippen LogP contribution >= 0.6 is 0 Å². The van der Waals surface area contributed by atoms with E-state index in [1.807, 2.05) is 0 Å². The molecule has 0 heterocycles. The Labute approximate surface area is 123 Å². The van der Waals surface area contributed by atoms with E-state index in [1.165, 1.54) is 0 Å². The van der Waals surface area contributed by atoms with Crippen LogP contribution in [0.4, 0.5) is 18.0 Å². The second-order valence-corrected chi connectivity index (χ2v) is 6.04. The average Bonchev–Trinajstić information content (AvgIpc) is 2.46. The van der Waals surface area contributed by atoms with Crippen molar-refractivity contribution in [2.45, 2.75) is 57.2 Å². The minimum atomic E-state index is -4.23. The maximum atomic E-state index is 12.9. The summed E-state index contributed by atoms with van der Waals surface area (Å²) in [6.07, 6.45) is 4.77. The molecule has 3 atom stereocenters. The van der Waals surface area contributed by atoms with Gasteiger partial charge in [0, 0.05) is 12.6 Å². The molecule has 0 aromatic heterocycles. The predicted molar refractivity (Wildman–Crippen MR) is 74.8 cm³/mol. The van der Waals surface area contributed by atoms with E-state index in [2.05, 4.69) is 22.8 Å². The molecule has 2 rings (SSSR count). The number of hydrogen-bond donors (Lipinski definition) is 2. The molecule has 120 valence electrons. The Kier molecular flexibility index (Phi) is 5.53. The zero-order chi connectivity index (χ0) is 15.3. The summed E-state index contributed by atoms with van der Waals surface area (Å²) in [7, 11) is 0. The van der Waals surface area contributed by atoms with Gasteiger partial charge in [-0.1, -0.05) is 25.0 Å². The van der Waals surface area contributed by atoms with Crippen molar-refractivity contribution < 1.29 is 18.0 Å². The summed E-state index contributed by atoms with van der Waals surface area (Å²) in [4.78, 5) is 11.8. The molecule has 0 aromatic carbocycles. The minimum absolute atomic E-state index is 0.113. The Morgan fingerprint density at radius 3 is 2.57 bits per heavy atom. The number of nitrogens with one attached hydrogen (secondary N) is 2. The lowest BCUT2D eigenvalue weighted by atomic mass is 9.84. The second-order valence-electron chi connectivity index (χ2n) is 6.04. The van der Waals surface area contributed by atoms with E-state index < -0.39 is 24.2 Å². The van der Waals surface area contributed by atoms with Gasteiger partial charge in [0.05, 0.1) is 5.92 Å². The highest BCUT2D eigenvalue weighted by Gasteiger charge is 2.45. The highest BCUT2D eigenvalue weighted by atomic mass is 19.4. The number of hydrogen-bond acceptors (Lipinski definition) is 1. The smallest absolute Gasteiger partial charge is 0.338 e. The van der Waals surface area contributed by atoms with E-state index in [1.54, 1.807) is 0 Å². The van der Waals surface area contributed by atoms with Crippen molar-refractivity contribution in [2.24, 2.45) is 11.8 Å². The highest BCUT2D eigenvalue weighted by molar-refractivity contribution is 5.74. The van der Waals surface area contributed by atoms with Gasteiger partial charge in [-0.3, -0.25) is 0 Å². The van der Waals surface area contributed by atoms with Gasteiger partial charge in [0.1, 0.15) is 0 Å². The standard InChI is InChI=1S/C15H23F3N2O/c16-15(17,18)12-8-4-5-9-13(12)20-14(21)19-10-11-6-2-1-3-7-11/h1-2,11-13H,3-10H2,(H2,19,20,21). The molecule has 2 amide bonds. The summed E-state index contributed by atoms with van der Waals surface area (Å²) in [6.45, 7) is 0.527. The third kappa shape index (κ3) is 4.93. The van der Waals surface area contributed by atoms with Gasteiger partial charge in [-0.15, -0.1) is 0 Å². The Balaban J connectivity index is 1.78. The average molecular weight is 304 g/mol. The largest absolute Gasteiger partial charge is 0.393 e. The lowest BCUT2D eigenvalue weighted by molar-refractivity contribution is -0.187. The van der Waals surface area contributed by atoms with Gasteiger partial charge in [0.2, 0.25) is 0 Å². The Hall–Kier alpha value is -1.20. The van der Waals surface area contributed by atoms with Gasteiger partial charge in [-0.05, 0) is 38.0 Å². The first-order valence-electron chi connectivity index (χ1n) is 7.73. The normalized spacial score (nSPS) is 30.0. The van der Waals surface area contributed by atoms with Crippen molar-refractivity contribution in [1.82, 2.24) is 10.6 Å². The minimum Gasteiger partial charge on any atom is -0.338 e. The molecule has 2 aliphatic carbocycles. The molecular formula is C15H23F3N2O. The number of allylic oxidation sites excluding steroid dienone is 2. The van der Waals surface area contributed by atoms with Crippen molar-refractivity contribution in [1.29, 1.82) is 0 Å². The van der Waals surface area contributed by atoms with Crippen LogP contribution < -0.4 is 10.6 Å². The molecule has 0 spiro atoms. The Morgan fingerprint density at radius 2 is 1.90 bits per heavy atom. The predicted octanol–water partition coefficient (Wildman–Crippen LogP) is 3.76. The fraction of sp³-hybridized carbons (Fsp3) is 0.800. The lowest BCUT2D eigenvalue weighted by Crippen LogP contribution is -2.51. The Morgan fingerprint density at radius 1 is 1.14 bits per heavy atom. The van der Waals surface area contributed by atoms with E-state index in [4.69, 9.17) is 0 Å². The van der Waals surface area contributed by atoms with Gasteiger partial charge in [-0.25, -0.2) is 4.79 Å². The van der Waals surface area contributed by atoms with E-state index in [-0.39, 0.29) is 6.42 Å². The first kappa shape index (κ1) is 16.2. The SMILES string of the molecule is O=C(NCC1CC=CCC1)NC1CCCCC1C(F)(F)F. The van der Waals surface area contributed by atoms with Gasteiger partial charge in [0.25, 0.3) is 0 Å². The van der Waals surface area contributed by atoms with Crippen LogP contribution in [0.5, 0.6) is 0 Å². The number of rotatable bonds is 3. The molecule has 0 bridgehead atoms. The van der Waals surface area contributed by atoms with Crippen LogP contribution in [-0.2, 0) is 0 Å². The maximum Gasteiger partial charge on any atom is 0.393 e. The van der Waals surface area contributed by atoms with E-state index in [0.717, 1.165) is 25.7 Å². The molecule has 21 heavy (non-hydrogen) atoms. The zero-order valence-corrected chi connectivity index (χ0v) is 12.1. The number of amides is 2. The summed E-state index contributed by atoms with van der Waals surface area (Å²) >= 11 is 0. The first-order chi connectivity index (χ1) is 9.97. The zero-order valence-electron chi connectivity index (χ0n) is 12.1. The van der Waals surface area contributed by atoms with E-state index >= 15 is 0 Å². The van der Waals surface area contributed by atoms with Crippen molar-refractivity contribution in [2.75, 3.05) is 6.54 Å². The van der Waals surface area contributed by atoms with E-state index in [9.17, 15) is 18.0 Å². The molecule has 3 unspecified atom stereocenters. The summed E-state index contributed by atoms with van der Waals surface area (Å²) in [5, 5.41) is 5.25. The van der Waals surface area contributed by atoms with Crippen LogP contribution in [0, 0.1) is 11.8 Å². The number of urea groups is 1. The van der Waals surface area contributed by atoms with Crippen LogP contribution in [0.15, 0.2) is 12.2 Å². The number of alkyl halides is 3. The molecule has 0 saturated heterocycles. The fourth-order valence-electron chi connectivity index (χ4n) is 3.19. The molecule has 0 aromatic rings. The van der Waals surface area contributed by atoms with Gasteiger partial charge >= 0.3 is 12.2 Å². The highest BCUT2D eigenvalue weighted by Crippen LogP contribution is 2.37. The molecule has 3 nitrogen and oxygen atoms in total. The van der Waals surface area contributed by atoms with Crippen molar-refractivity contribution in [3.8, 4) is 0 Å². The van der Waals surface area contributed by atoms with Crippen LogP contribution in [0.1, 0.15) is 44.9 Å². The van der Waals surface area contributed by atoms with Crippen molar-refractivity contribution in [3.05, 3.63) is 12.2 Å². The molecule has 0 aliphatic heterocycles. The second kappa shape index (κ2) is 7.18. The van der Waals surface area contributed by atoms with Crippen LogP contribution in [-0.4, -0.2) is 24.8 Å². The molecule has 6 heteroatoms. The molecule has 1 saturated carbocycles. The molecule has 2 aliphatic rings. The molecule has 0 radical (unpaired) electrons. The monoisotopic (exact) mass is 304 g/mol. The maximum absolute atomic E-state index is 12.9. The fourth-order valence-corrected chi connectivity index (χ4v) is 3.19. The number of carbonyl (C=O) groups is 1. The topological polar surface area (TPSA) is 41.1 Å². The Bertz CT molecular complexity index is 382. The van der Waals surface area contributed by atoms with Crippen molar-refractivity contribution >= 4 is 6.03 Å². The summed E-state index contributed by atoms with van der Waals surface area (Å²) in [5.41, 5.74) is 0. The van der Waals surface area contributed by atoms with Crippen LogP contribution in [0.3, 0.4) is 0 Å². The van der Waals surface area contributed by atoms with Crippen molar-refractivity contribution in [3.63, 3.8) is 0 Å². The summed E-state index contributed by atoms with van der Waals surface area (Å²) in [5.74, 6) is -1.01. The van der Waals surface area contributed by atoms with Gasteiger partial charge in [0.15, 0.2) is 0 Å². The third-order valence-electron chi connectivity index (χ3n) is 4.43. The molecular weight excluding hydrogens is 281 g/mol. The molecule has 2 N–H and O–H groups in total. The summed E-state index contributed by atoms with van der Waals surface area (Å²) < 4.78 is 38.8. The first-order valence-corrected chi connectivity index (χ1v) is 7.73.